The number of hydrogen-bond donors (Lipinski definition) is 0. The van der Waals surface area contributed by atoms with Gasteiger partial charge < -0.3 is 4.90 Å². The fourth-order valence-electron chi connectivity index (χ4n) is 2.83. The second-order valence-electron chi connectivity index (χ2n) is 5.46. The van der Waals surface area contributed by atoms with Crippen molar-refractivity contribution in [2.75, 3.05) is 18.0 Å². The van der Waals surface area contributed by atoms with Crippen LogP contribution in [0.25, 0.3) is 5.69 Å². The zero-order valence-electron chi connectivity index (χ0n) is 12.4. The number of piperidine rings is 1. The smallest absolute Gasteiger partial charge is 0.260 e. The number of aromatic nitrogens is 2. The zero-order valence-corrected chi connectivity index (χ0v) is 13.9. The lowest BCUT2D eigenvalue weighted by atomic mass is 10.1. The molecule has 4 nitrogen and oxygen atoms in total. The van der Waals surface area contributed by atoms with E-state index in [9.17, 15) is 4.79 Å². The topological polar surface area (TPSA) is 38.1 Å². The van der Waals surface area contributed by atoms with Gasteiger partial charge in [0.1, 0.15) is 11.6 Å². The third-order valence-corrected chi connectivity index (χ3v) is 4.73. The molecule has 0 aliphatic carbocycles. The van der Waals surface area contributed by atoms with E-state index >= 15 is 0 Å². The number of aryl methyl sites for hydroxylation is 1. The Labute approximate surface area is 139 Å². The highest BCUT2D eigenvalue weighted by Gasteiger charge is 2.16. The van der Waals surface area contributed by atoms with Crippen molar-refractivity contribution in [3.63, 3.8) is 0 Å². The Morgan fingerprint density at radius 3 is 2.55 bits per heavy atom. The molecule has 0 bridgehead atoms. The van der Waals surface area contributed by atoms with E-state index in [-0.39, 0.29) is 5.56 Å². The Kier molecular flexibility index (Phi) is 4.41. The van der Waals surface area contributed by atoms with E-state index in [2.05, 4.69) is 9.88 Å². The molecule has 6 heteroatoms. The van der Waals surface area contributed by atoms with E-state index < -0.39 is 0 Å². The number of halogens is 2. The first kappa shape index (κ1) is 15.4. The first-order valence-electron chi connectivity index (χ1n) is 7.38. The Balaban J connectivity index is 2.07. The lowest BCUT2D eigenvalue weighted by molar-refractivity contribution is 0.571. The molecule has 0 radical (unpaired) electrons. The van der Waals surface area contributed by atoms with Crippen molar-refractivity contribution in [2.45, 2.75) is 26.2 Å². The third-order valence-electron chi connectivity index (χ3n) is 3.93. The molecule has 0 spiro atoms. The number of rotatable bonds is 2. The van der Waals surface area contributed by atoms with Crippen LogP contribution in [0.1, 0.15) is 25.1 Å². The van der Waals surface area contributed by atoms with Crippen molar-refractivity contribution in [3.8, 4) is 5.69 Å². The molecule has 2 aromatic rings. The maximum Gasteiger partial charge on any atom is 0.260 e. The highest BCUT2D eigenvalue weighted by atomic mass is 35.5. The fourth-order valence-corrected chi connectivity index (χ4v) is 3.21. The largest absolute Gasteiger partial charge is 0.356 e. The van der Waals surface area contributed by atoms with E-state index in [1.807, 2.05) is 6.92 Å². The van der Waals surface area contributed by atoms with Crippen LogP contribution in [0.2, 0.25) is 10.0 Å². The van der Waals surface area contributed by atoms with Crippen molar-refractivity contribution in [1.29, 1.82) is 0 Å². The van der Waals surface area contributed by atoms with Gasteiger partial charge in [-0.2, -0.15) is 0 Å². The van der Waals surface area contributed by atoms with Crippen LogP contribution in [-0.2, 0) is 0 Å². The second-order valence-corrected chi connectivity index (χ2v) is 6.24. The maximum atomic E-state index is 12.6. The Hall–Kier alpha value is -1.52. The third kappa shape index (κ3) is 2.85. The van der Waals surface area contributed by atoms with Crippen molar-refractivity contribution < 1.29 is 0 Å². The molecule has 1 fully saturated rings. The minimum absolute atomic E-state index is 0.141. The molecule has 22 heavy (non-hydrogen) atoms. The standard InChI is InChI=1S/C16H17Cl2N3O/c1-11-19-14(20-8-3-2-4-9-20)10-15(22)21(11)13-7-5-6-12(17)16(13)18/h5-7,10H,2-4,8-9H2,1H3. The average Bonchev–Trinajstić information content (AvgIpc) is 2.51. The predicted octanol–water partition coefficient (Wildman–Crippen LogP) is 3.84. The maximum absolute atomic E-state index is 12.6. The molecular formula is C16H17Cl2N3O. The lowest BCUT2D eigenvalue weighted by Gasteiger charge is -2.28. The van der Waals surface area contributed by atoms with Gasteiger partial charge in [0.2, 0.25) is 0 Å². The van der Waals surface area contributed by atoms with Gasteiger partial charge >= 0.3 is 0 Å². The summed E-state index contributed by atoms with van der Waals surface area (Å²) in [7, 11) is 0. The van der Waals surface area contributed by atoms with Crippen molar-refractivity contribution in [2.24, 2.45) is 0 Å². The van der Waals surface area contributed by atoms with Crippen LogP contribution in [-0.4, -0.2) is 22.6 Å². The van der Waals surface area contributed by atoms with Crippen LogP contribution >= 0.6 is 23.2 Å². The number of anilines is 1. The summed E-state index contributed by atoms with van der Waals surface area (Å²) in [5.41, 5.74) is 0.423. The lowest BCUT2D eigenvalue weighted by Crippen LogP contribution is -2.33. The molecule has 0 N–H and O–H groups in total. The molecule has 116 valence electrons. The number of nitrogens with zero attached hydrogens (tertiary/aromatic N) is 3. The van der Waals surface area contributed by atoms with Gasteiger partial charge in [0.05, 0.1) is 15.7 Å². The van der Waals surface area contributed by atoms with Crippen LogP contribution in [0.5, 0.6) is 0 Å². The van der Waals surface area contributed by atoms with E-state index in [4.69, 9.17) is 23.2 Å². The molecular weight excluding hydrogens is 321 g/mol. The summed E-state index contributed by atoms with van der Waals surface area (Å²) in [5.74, 6) is 1.36. The minimum Gasteiger partial charge on any atom is -0.356 e. The predicted molar refractivity (Wildman–Crippen MR) is 90.7 cm³/mol. The van der Waals surface area contributed by atoms with Crippen LogP contribution < -0.4 is 10.5 Å². The molecule has 3 rings (SSSR count). The van der Waals surface area contributed by atoms with E-state index in [1.165, 1.54) is 11.0 Å². The van der Waals surface area contributed by atoms with Crippen molar-refractivity contribution in [1.82, 2.24) is 9.55 Å². The quantitative estimate of drug-likeness (QED) is 0.835. The SMILES string of the molecule is Cc1nc(N2CCCCC2)cc(=O)n1-c1cccc(Cl)c1Cl. The molecule has 1 saturated heterocycles. The molecule has 0 amide bonds. The summed E-state index contributed by atoms with van der Waals surface area (Å²) in [4.78, 5) is 19.3. The van der Waals surface area contributed by atoms with Crippen LogP contribution in [0.3, 0.4) is 0 Å². The fraction of sp³-hybridized carbons (Fsp3) is 0.375. The zero-order chi connectivity index (χ0) is 15.7. The Bertz CT molecular complexity index is 752. The summed E-state index contributed by atoms with van der Waals surface area (Å²) in [6.07, 6.45) is 3.53. The van der Waals surface area contributed by atoms with Gasteiger partial charge in [0, 0.05) is 19.2 Å². The number of hydrogen-bond acceptors (Lipinski definition) is 3. The molecule has 1 aromatic heterocycles. The monoisotopic (exact) mass is 337 g/mol. The van der Waals surface area contributed by atoms with Crippen LogP contribution in [0, 0.1) is 6.92 Å². The first-order chi connectivity index (χ1) is 10.6. The Morgan fingerprint density at radius 2 is 1.86 bits per heavy atom. The van der Waals surface area contributed by atoms with Gasteiger partial charge in [-0.25, -0.2) is 4.98 Å². The van der Waals surface area contributed by atoms with Crippen LogP contribution in [0.4, 0.5) is 5.82 Å². The van der Waals surface area contributed by atoms with Gasteiger partial charge in [-0.15, -0.1) is 0 Å². The van der Waals surface area contributed by atoms with E-state index in [1.54, 1.807) is 24.3 Å². The highest BCUT2D eigenvalue weighted by Crippen LogP contribution is 2.28. The molecule has 2 heterocycles. The Morgan fingerprint density at radius 1 is 1.14 bits per heavy atom. The summed E-state index contributed by atoms with van der Waals surface area (Å²) in [6.45, 7) is 3.72. The summed E-state index contributed by atoms with van der Waals surface area (Å²) in [6, 6.07) is 6.82. The average molecular weight is 338 g/mol. The normalized spacial score (nSPS) is 15.1. The number of benzene rings is 1. The summed E-state index contributed by atoms with van der Waals surface area (Å²) >= 11 is 12.3. The minimum atomic E-state index is -0.141. The van der Waals surface area contributed by atoms with Gasteiger partial charge in [-0.1, -0.05) is 29.3 Å². The van der Waals surface area contributed by atoms with Gasteiger partial charge in [-0.05, 0) is 38.3 Å². The van der Waals surface area contributed by atoms with Gasteiger partial charge in [0.25, 0.3) is 5.56 Å². The molecule has 1 aromatic carbocycles. The first-order valence-corrected chi connectivity index (χ1v) is 8.13. The van der Waals surface area contributed by atoms with Gasteiger partial charge in [-0.3, -0.25) is 9.36 Å². The molecule has 0 atom stereocenters. The molecule has 1 aliphatic rings. The molecule has 0 saturated carbocycles. The highest BCUT2D eigenvalue weighted by molar-refractivity contribution is 6.43. The molecule has 0 unspecified atom stereocenters. The van der Waals surface area contributed by atoms with E-state index in [0.717, 1.165) is 31.7 Å². The van der Waals surface area contributed by atoms with Crippen molar-refractivity contribution >= 4 is 29.0 Å². The second kappa shape index (κ2) is 6.31. The summed E-state index contributed by atoms with van der Waals surface area (Å²) in [5, 5.41) is 0.785. The van der Waals surface area contributed by atoms with Crippen molar-refractivity contribution in [3.05, 3.63) is 50.5 Å². The van der Waals surface area contributed by atoms with Gasteiger partial charge in [0.15, 0.2) is 0 Å². The molecule has 1 aliphatic heterocycles. The van der Waals surface area contributed by atoms with Crippen LogP contribution in [0.15, 0.2) is 29.1 Å². The van der Waals surface area contributed by atoms with E-state index in [0.29, 0.717) is 21.6 Å². The summed E-state index contributed by atoms with van der Waals surface area (Å²) < 4.78 is 1.50.